The quantitative estimate of drug-likeness (QED) is 0.786. The molecule has 0 radical (unpaired) electrons. The summed E-state index contributed by atoms with van der Waals surface area (Å²) >= 11 is 1.53. The Morgan fingerprint density at radius 1 is 1.32 bits per heavy atom. The second-order valence-corrected chi connectivity index (χ2v) is 4.75. The lowest BCUT2D eigenvalue weighted by Gasteiger charge is -2.08. The molecule has 0 bridgehead atoms. The third-order valence-corrected chi connectivity index (χ3v) is 3.24. The Hall–Kier alpha value is -1.75. The van der Waals surface area contributed by atoms with E-state index < -0.39 is 0 Å². The highest BCUT2D eigenvalue weighted by molar-refractivity contribution is 7.07. The molecule has 100 valence electrons. The number of hydrogen-bond donors (Lipinski definition) is 0. The van der Waals surface area contributed by atoms with E-state index in [-0.39, 0.29) is 5.97 Å². The number of aryl methyl sites for hydroxylation is 1. The van der Waals surface area contributed by atoms with Crippen LogP contribution in [0, 0.1) is 0 Å². The lowest BCUT2D eigenvalue weighted by atomic mass is 10.1. The summed E-state index contributed by atoms with van der Waals surface area (Å²) in [6.45, 7) is 4.23. The largest absolute Gasteiger partial charge is 0.462 e. The van der Waals surface area contributed by atoms with E-state index in [2.05, 4.69) is 16.9 Å². The molecular formula is C14H16N2O2S. The van der Waals surface area contributed by atoms with Crippen LogP contribution in [0.2, 0.25) is 0 Å². The van der Waals surface area contributed by atoms with Gasteiger partial charge in [-0.1, -0.05) is 13.3 Å². The first-order chi connectivity index (χ1) is 9.26. The third kappa shape index (κ3) is 3.17. The molecule has 0 unspecified atom stereocenters. The molecule has 0 N–H and O–H groups in total. The standard InChI is InChI=1S/C14H16N2O2S/c1-3-5-11-10(14(17)18-4-2)6-7-12(16-11)13-8-19-9-15-13/h6-9H,3-5H2,1-2H3. The molecule has 2 aromatic rings. The number of carbonyl (C=O) groups is 1. The van der Waals surface area contributed by atoms with Crippen LogP contribution >= 0.6 is 11.3 Å². The van der Waals surface area contributed by atoms with E-state index in [4.69, 9.17) is 4.74 Å². The van der Waals surface area contributed by atoms with Crippen LogP contribution in [0.25, 0.3) is 11.4 Å². The average Bonchev–Trinajstić information content (AvgIpc) is 2.93. The molecule has 5 heteroatoms. The molecule has 2 heterocycles. The predicted octanol–water partition coefficient (Wildman–Crippen LogP) is 3.33. The summed E-state index contributed by atoms with van der Waals surface area (Å²) in [7, 11) is 0. The number of nitrogens with zero attached hydrogens (tertiary/aromatic N) is 2. The summed E-state index contributed by atoms with van der Waals surface area (Å²) in [4.78, 5) is 20.7. The molecule has 0 aliphatic rings. The fraction of sp³-hybridized carbons (Fsp3) is 0.357. The Balaban J connectivity index is 2.37. The first kappa shape index (κ1) is 13.7. The van der Waals surface area contributed by atoms with Crippen LogP contribution in [0.4, 0.5) is 0 Å². The van der Waals surface area contributed by atoms with Crippen molar-refractivity contribution in [1.29, 1.82) is 0 Å². The zero-order chi connectivity index (χ0) is 13.7. The van der Waals surface area contributed by atoms with Crippen molar-refractivity contribution < 1.29 is 9.53 Å². The van der Waals surface area contributed by atoms with Gasteiger partial charge in [0, 0.05) is 5.38 Å². The molecular weight excluding hydrogens is 260 g/mol. The first-order valence-corrected chi connectivity index (χ1v) is 7.26. The lowest BCUT2D eigenvalue weighted by Crippen LogP contribution is -2.10. The maximum absolute atomic E-state index is 11.9. The molecule has 0 fully saturated rings. The van der Waals surface area contributed by atoms with Crippen molar-refractivity contribution in [3.8, 4) is 11.4 Å². The van der Waals surface area contributed by atoms with E-state index in [9.17, 15) is 4.79 Å². The van der Waals surface area contributed by atoms with Gasteiger partial charge in [-0.2, -0.15) is 0 Å². The highest BCUT2D eigenvalue weighted by Crippen LogP contribution is 2.20. The molecule has 0 spiro atoms. The van der Waals surface area contributed by atoms with Crippen LogP contribution < -0.4 is 0 Å². The van der Waals surface area contributed by atoms with E-state index in [1.807, 2.05) is 11.4 Å². The SMILES string of the molecule is CCCc1nc(-c2cscn2)ccc1C(=O)OCC. The van der Waals surface area contributed by atoms with E-state index in [0.29, 0.717) is 12.2 Å². The summed E-state index contributed by atoms with van der Waals surface area (Å²) in [6, 6.07) is 3.60. The van der Waals surface area contributed by atoms with Gasteiger partial charge < -0.3 is 4.74 Å². The van der Waals surface area contributed by atoms with Gasteiger partial charge >= 0.3 is 5.97 Å². The summed E-state index contributed by atoms with van der Waals surface area (Å²) < 4.78 is 5.05. The number of aromatic nitrogens is 2. The molecule has 0 saturated heterocycles. The number of pyridine rings is 1. The van der Waals surface area contributed by atoms with Gasteiger partial charge in [-0.05, 0) is 25.5 Å². The number of esters is 1. The molecule has 4 nitrogen and oxygen atoms in total. The highest BCUT2D eigenvalue weighted by Gasteiger charge is 2.15. The molecule has 0 aliphatic heterocycles. The minimum atomic E-state index is -0.303. The Kier molecular flexibility index (Phi) is 4.63. The van der Waals surface area contributed by atoms with E-state index >= 15 is 0 Å². The molecule has 0 saturated carbocycles. The van der Waals surface area contributed by atoms with Crippen LogP contribution in [-0.2, 0) is 11.2 Å². The molecule has 2 aromatic heterocycles. The number of ether oxygens (including phenoxy) is 1. The normalized spacial score (nSPS) is 10.4. The molecule has 0 aromatic carbocycles. The predicted molar refractivity (Wildman–Crippen MR) is 75.3 cm³/mol. The van der Waals surface area contributed by atoms with Crippen molar-refractivity contribution in [1.82, 2.24) is 9.97 Å². The van der Waals surface area contributed by atoms with Crippen LogP contribution in [0.15, 0.2) is 23.0 Å². The number of rotatable bonds is 5. The highest BCUT2D eigenvalue weighted by atomic mass is 32.1. The maximum atomic E-state index is 11.9. The second kappa shape index (κ2) is 6.43. The van der Waals surface area contributed by atoms with Crippen molar-refractivity contribution in [2.24, 2.45) is 0 Å². The fourth-order valence-electron chi connectivity index (χ4n) is 1.81. The van der Waals surface area contributed by atoms with E-state index in [1.54, 1.807) is 18.5 Å². The Morgan fingerprint density at radius 2 is 2.16 bits per heavy atom. The van der Waals surface area contributed by atoms with Gasteiger partial charge in [0.05, 0.1) is 34.8 Å². The van der Waals surface area contributed by atoms with Gasteiger partial charge in [-0.25, -0.2) is 9.78 Å². The van der Waals surface area contributed by atoms with Crippen molar-refractivity contribution in [3.63, 3.8) is 0 Å². The molecule has 0 aliphatic carbocycles. The van der Waals surface area contributed by atoms with Crippen LogP contribution in [-0.4, -0.2) is 22.5 Å². The van der Waals surface area contributed by atoms with E-state index in [1.165, 1.54) is 11.3 Å². The van der Waals surface area contributed by atoms with Crippen LogP contribution in [0.3, 0.4) is 0 Å². The van der Waals surface area contributed by atoms with Crippen LogP contribution in [0.5, 0.6) is 0 Å². The average molecular weight is 276 g/mol. The van der Waals surface area contributed by atoms with Crippen molar-refractivity contribution in [2.45, 2.75) is 26.7 Å². The summed E-state index contributed by atoms with van der Waals surface area (Å²) in [5.74, 6) is -0.303. The van der Waals surface area contributed by atoms with Crippen molar-refractivity contribution in [3.05, 3.63) is 34.3 Å². The Labute approximate surface area is 116 Å². The summed E-state index contributed by atoms with van der Waals surface area (Å²) in [5, 5.41) is 1.95. The molecule has 2 rings (SSSR count). The summed E-state index contributed by atoms with van der Waals surface area (Å²) in [6.07, 6.45) is 1.69. The molecule has 19 heavy (non-hydrogen) atoms. The maximum Gasteiger partial charge on any atom is 0.339 e. The van der Waals surface area contributed by atoms with Gasteiger partial charge in [-0.15, -0.1) is 11.3 Å². The second-order valence-electron chi connectivity index (χ2n) is 4.03. The Bertz CT molecular complexity index is 553. The van der Waals surface area contributed by atoms with Crippen molar-refractivity contribution >= 4 is 17.3 Å². The zero-order valence-corrected chi connectivity index (χ0v) is 11.9. The fourth-order valence-corrected chi connectivity index (χ4v) is 2.35. The van der Waals surface area contributed by atoms with E-state index in [0.717, 1.165) is 29.9 Å². The monoisotopic (exact) mass is 276 g/mol. The van der Waals surface area contributed by atoms with Crippen molar-refractivity contribution in [2.75, 3.05) is 6.61 Å². The minimum Gasteiger partial charge on any atom is -0.462 e. The number of hydrogen-bond acceptors (Lipinski definition) is 5. The molecule has 0 atom stereocenters. The lowest BCUT2D eigenvalue weighted by molar-refractivity contribution is 0.0524. The third-order valence-electron chi connectivity index (χ3n) is 2.65. The molecule has 0 amide bonds. The summed E-state index contributed by atoms with van der Waals surface area (Å²) in [5.41, 5.74) is 4.76. The van der Waals surface area contributed by atoms with Crippen LogP contribution in [0.1, 0.15) is 36.3 Å². The van der Waals surface area contributed by atoms with Gasteiger partial charge in [0.25, 0.3) is 0 Å². The number of carbonyl (C=O) groups excluding carboxylic acids is 1. The number of thiazole rings is 1. The Morgan fingerprint density at radius 3 is 2.79 bits per heavy atom. The smallest absolute Gasteiger partial charge is 0.339 e. The first-order valence-electron chi connectivity index (χ1n) is 6.31. The van der Waals surface area contributed by atoms with Gasteiger partial charge in [0.15, 0.2) is 0 Å². The van der Waals surface area contributed by atoms with Gasteiger partial charge in [0.1, 0.15) is 0 Å². The minimum absolute atomic E-state index is 0.303. The van der Waals surface area contributed by atoms with Gasteiger partial charge in [-0.3, -0.25) is 4.98 Å². The topological polar surface area (TPSA) is 52.1 Å². The zero-order valence-electron chi connectivity index (χ0n) is 11.0. The van der Waals surface area contributed by atoms with Gasteiger partial charge in [0.2, 0.25) is 0 Å².